The van der Waals surface area contributed by atoms with Gasteiger partial charge in [-0.15, -0.1) is 0 Å². The van der Waals surface area contributed by atoms with Crippen LogP contribution in [-0.4, -0.2) is 65.0 Å². The fourth-order valence-electron chi connectivity index (χ4n) is 3.31. The topological polar surface area (TPSA) is 116 Å². The van der Waals surface area contributed by atoms with Crippen molar-refractivity contribution in [1.82, 2.24) is 9.88 Å². The maximum Gasteiger partial charge on any atom is 0.410 e. The number of nitrogens with one attached hydrogen (secondary N) is 1. The number of hydrogen-bond donors (Lipinski definition) is 1. The Balaban J connectivity index is 1.61. The van der Waals surface area contributed by atoms with Crippen molar-refractivity contribution in [3.63, 3.8) is 0 Å². The van der Waals surface area contributed by atoms with Crippen molar-refractivity contribution in [2.75, 3.05) is 31.6 Å². The molecule has 160 valence electrons. The Kier molecular flexibility index (Phi) is 6.41. The number of ether oxygens (including phenoxy) is 3. The van der Waals surface area contributed by atoms with Crippen molar-refractivity contribution >= 4 is 17.6 Å². The minimum atomic E-state index is -0.538. The van der Waals surface area contributed by atoms with Crippen LogP contribution in [0.3, 0.4) is 0 Å². The number of carbonyl (C=O) groups is 1. The smallest absolute Gasteiger partial charge is 0.410 e. The van der Waals surface area contributed by atoms with Crippen molar-refractivity contribution in [2.24, 2.45) is 0 Å². The predicted molar refractivity (Wildman–Crippen MR) is 105 cm³/mol. The molecule has 2 aliphatic heterocycles. The summed E-state index contributed by atoms with van der Waals surface area (Å²) in [4.78, 5) is 28.7. The molecule has 0 spiro atoms. The van der Waals surface area contributed by atoms with Gasteiger partial charge < -0.3 is 34.5 Å². The van der Waals surface area contributed by atoms with Crippen LogP contribution in [0.15, 0.2) is 12.3 Å². The van der Waals surface area contributed by atoms with E-state index in [1.807, 2.05) is 20.8 Å². The van der Waals surface area contributed by atoms with Gasteiger partial charge in [0.25, 0.3) is 0 Å². The quantitative estimate of drug-likeness (QED) is 0.584. The van der Waals surface area contributed by atoms with Crippen LogP contribution in [0.5, 0.6) is 5.75 Å². The second kappa shape index (κ2) is 8.81. The molecule has 0 bridgehead atoms. The molecule has 2 saturated heterocycles. The van der Waals surface area contributed by atoms with E-state index in [0.29, 0.717) is 50.6 Å². The van der Waals surface area contributed by atoms with Crippen LogP contribution in [-0.2, 0) is 9.47 Å². The molecule has 3 rings (SSSR count). The van der Waals surface area contributed by atoms with E-state index in [1.54, 1.807) is 11.0 Å². The first-order valence-electron chi connectivity index (χ1n) is 9.84. The van der Waals surface area contributed by atoms with Gasteiger partial charge in [0.05, 0.1) is 13.2 Å². The second-order valence-electron chi connectivity index (χ2n) is 8.29. The van der Waals surface area contributed by atoms with E-state index in [1.165, 1.54) is 6.20 Å². The van der Waals surface area contributed by atoms with E-state index in [9.17, 15) is 14.9 Å². The molecular formula is C19H28N4O6. The lowest BCUT2D eigenvalue weighted by atomic mass is 10.0. The summed E-state index contributed by atoms with van der Waals surface area (Å²) < 4.78 is 16.5. The summed E-state index contributed by atoms with van der Waals surface area (Å²) in [6.45, 7) is 7.68. The van der Waals surface area contributed by atoms with E-state index < -0.39 is 10.5 Å². The standard InChI is InChI=1S/C19H28N4O6/c1-19(2,3)29-18(24)22-7-4-13(5-8-22)21-16-10-15(11-20-17(16)23(25)26)28-14-6-9-27-12-14/h10-11,13-14,21H,4-9,12H2,1-3H3. The number of aromatic nitrogens is 1. The highest BCUT2D eigenvalue weighted by molar-refractivity contribution is 5.68. The first-order valence-corrected chi connectivity index (χ1v) is 9.84. The summed E-state index contributed by atoms with van der Waals surface area (Å²) in [7, 11) is 0. The summed E-state index contributed by atoms with van der Waals surface area (Å²) in [5.41, 5.74) is -0.217. The molecule has 1 unspecified atom stereocenters. The molecule has 3 heterocycles. The molecule has 10 nitrogen and oxygen atoms in total. The summed E-state index contributed by atoms with van der Waals surface area (Å²) in [6, 6.07) is 1.60. The zero-order valence-corrected chi connectivity index (χ0v) is 17.1. The van der Waals surface area contributed by atoms with Gasteiger partial charge in [-0.05, 0) is 43.5 Å². The fourth-order valence-corrected chi connectivity index (χ4v) is 3.31. The molecule has 1 amide bonds. The normalized spacial score (nSPS) is 20.4. The Labute approximate surface area is 169 Å². The highest BCUT2D eigenvalue weighted by atomic mass is 16.6. The van der Waals surface area contributed by atoms with E-state index in [2.05, 4.69) is 10.3 Å². The summed E-state index contributed by atoms with van der Waals surface area (Å²) in [6.07, 6.45) is 3.05. The largest absolute Gasteiger partial charge is 0.484 e. The summed E-state index contributed by atoms with van der Waals surface area (Å²) in [5, 5.41) is 14.6. The third-order valence-electron chi connectivity index (χ3n) is 4.71. The number of rotatable bonds is 5. The minimum absolute atomic E-state index is 0.0146. The first kappa shape index (κ1) is 21.1. The van der Waals surface area contributed by atoms with Crippen molar-refractivity contribution < 1.29 is 23.9 Å². The number of anilines is 1. The molecule has 1 atom stereocenters. The molecule has 0 saturated carbocycles. The average molecular weight is 408 g/mol. The van der Waals surface area contributed by atoms with Crippen molar-refractivity contribution in [3.05, 3.63) is 22.4 Å². The van der Waals surface area contributed by atoms with Crippen LogP contribution >= 0.6 is 0 Å². The number of likely N-dealkylation sites (tertiary alicyclic amines) is 1. The van der Waals surface area contributed by atoms with Gasteiger partial charge in [-0.25, -0.2) is 4.79 Å². The zero-order valence-electron chi connectivity index (χ0n) is 17.1. The van der Waals surface area contributed by atoms with Gasteiger partial charge in [0.2, 0.25) is 0 Å². The van der Waals surface area contributed by atoms with Gasteiger partial charge in [-0.3, -0.25) is 0 Å². The Hall–Kier alpha value is -2.62. The minimum Gasteiger partial charge on any atom is -0.484 e. The number of hydrogen-bond acceptors (Lipinski definition) is 8. The van der Waals surface area contributed by atoms with Gasteiger partial charge in [0.1, 0.15) is 17.4 Å². The molecule has 0 aliphatic carbocycles. The maximum absolute atomic E-state index is 12.2. The Morgan fingerprint density at radius 2 is 2.07 bits per heavy atom. The fraction of sp³-hybridized carbons (Fsp3) is 0.684. The third-order valence-corrected chi connectivity index (χ3v) is 4.71. The van der Waals surface area contributed by atoms with Gasteiger partial charge >= 0.3 is 11.9 Å². The number of amides is 1. The van der Waals surface area contributed by atoms with Crippen LogP contribution in [0, 0.1) is 10.1 Å². The van der Waals surface area contributed by atoms with Crippen LogP contribution in [0.1, 0.15) is 40.0 Å². The SMILES string of the molecule is CC(C)(C)OC(=O)N1CCC(Nc2cc(OC3CCOC3)cnc2[N+](=O)[O-])CC1. The van der Waals surface area contributed by atoms with Crippen LogP contribution in [0.4, 0.5) is 16.3 Å². The van der Waals surface area contributed by atoms with E-state index >= 15 is 0 Å². The lowest BCUT2D eigenvalue weighted by Crippen LogP contribution is -2.44. The van der Waals surface area contributed by atoms with Gasteiger partial charge in [-0.2, -0.15) is 0 Å². The second-order valence-corrected chi connectivity index (χ2v) is 8.29. The molecule has 2 fully saturated rings. The Morgan fingerprint density at radius 1 is 1.34 bits per heavy atom. The molecule has 2 aliphatic rings. The third kappa shape index (κ3) is 5.93. The Morgan fingerprint density at radius 3 is 2.66 bits per heavy atom. The number of piperidine rings is 1. The average Bonchev–Trinajstić information content (AvgIpc) is 3.14. The van der Waals surface area contributed by atoms with Gasteiger partial charge in [0, 0.05) is 31.6 Å². The molecule has 1 N–H and O–H groups in total. The molecule has 0 aromatic carbocycles. The molecular weight excluding hydrogens is 380 g/mol. The van der Waals surface area contributed by atoms with Gasteiger partial charge in [-0.1, -0.05) is 0 Å². The van der Waals surface area contributed by atoms with Crippen LogP contribution < -0.4 is 10.1 Å². The molecule has 0 radical (unpaired) electrons. The maximum atomic E-state index is 12.2. The van der Waals surface area contributed by atoms with Crippen molar-refractivity contribution in [2.45, 2.75) is 57.8 Å². The van der Waals surface area contributed by atoms with E-state index in [4.69, 9.17) is 14.2 Å². The van der Waals surface area contributed by atoms with Crippen LogP contribution in [0.2, 0.25) is 0 Å². The lowest BCUT2D eigenvalue weighted by molar-refractivity contribution is -0.388. The molecule has 29 heavy (non-hydrogen) atoms. The zero-order chi connectivity index (χ0) is 21.0. The lowest BCUT2D eigenvalue weighted by Gasteiger charge is -2.34. The Bertz CT molecular complexity index is 737. The van der Waals surface area contributed by atoms with E-state index in [-0.39, 0.29) is 24.1 Å². The predicted octanol–water partition coefficient (Wildman–Crippen LogP) is 2.97. The van der Waals surface area contributed by atoms with Crippen LogP contribution in [0.25, 0.3) is 0 Å². The monoisotopic (exact) mass is 408 g/mol. The number of carbonyl (C=O) groups excluding carboxylic acids is 1. The van der Waals surface area contributed by atoms with E-state index in [0.717, 1.165) is 6.42 Å². The number of nitro groups is 1. The highest BCUT2D eigenvalue weighted by Crippen LogP contribution is 2.29. The molecule has 1 aromatic heterocycles. The first-order chi connectivity index (χ1) is 13.7. The van der Waals surface area contributed by atoms with Gasteiger partial charge in [0.15, 0.2) is 11.9 Å². The van der Waals surface area contributed by atoms with Crippen molar-refractivity contribution in [3.8, 4) is 5.75 Å². The number of pyridine rings is 1. The molecule has 1 aromatic rings. The highest BCUT2D eigenvalue weighted by Gasteiger charge is 2.29. The number of nitrogens with zero attached hydrogens (tertiary/aromatic N) is 3. The molecule has 10 heteroatoms. The summed E-state index contributed by atoms with van der Waals surface area (Å²) >= 11 is 0. The van der Waals surface area contributed by atoms with Crippen molar-refractivity contribution in [1.29, 1.82) is 0 Å². The summed E-state index contributed by atoms with van der Waals surface area (Å²) in [5.74, 6) is 0.231.